The van der Waals surface area contributed by atoms with Crippen LogP contribution in [0.4, 0.5) is 0 Å². The second-order valence-electron chi connectivity index (χ2n) is 14.4. The lowest BCUT2D eigenvalue weighted by Crippen LogP contribution is -1.93. The highest BCUT2D eigenvalue weighted by atomic mass is 14.9. The lowest BCUT2D eigenvalue weighted by atomic mass is 10.1. The smallest absolute Gasteiger partial charge is 0.130 e. The summed E-state index contributed by atoms with van der Waals surface area (Å²) >= 11 is 0. The first kappa shape index (κ1) is 49.8. The molecule has 0 saturated heterocycles. The first-order valence-electron chi connectivity index (χ1n) is 19.1. The van der Waals surface area contributed by atoms with Gasteiger partial charge in [-0.05, 0) is 101 Å². The molecule has 0 unspecified atom stereocenters. The van der Waals surface area contributed by atoms with Gasteiger partial charge in [-0.15, -0.1) is 0 Å². The van der Waals surface area contributed by atoms with Gasteiger partial charge in [-0.25, -0.2) is 9.97 Å². The third-order valence-corrected chi connectivity index (χ3v) is 7.74. The molecule has 0 amide bonds. The minimum absolute atomic E-state index is 0. The molecule has 0 bridgehead atoms. The molecule has 7 nitrogen and oxygen atoms in total. The number of aromatic nitrogens is 7. The molecule has 0 radical (unpaired) electrons. The summed E-state index contributed by atoms with van der Waals surface area (Å²) in [7, 11) is 0. The Labute approximate surface area is 334 Å². The first-order chi connectivity index (χ1) is 25.8. The van der Waals surface area contributed by atoms with Crippen molar-refractivity contribution in [3.8, 4) is 0 Å². The van der Waals surface area contributed by atoms with Crippen LogP contribution in [-0.2, 0) is 0 Å². The molecule has 6 rings (SSSR count). The van der Waals surface area contributed by atoms with Gasteiger partial charge in [-0.1, -0.05) is 115 Å². The van der Waals surface area contributed by atoms with Gasteiger partial charge in [-0.2, -0.15) is 0 Å². The number of nitrogens with zero attached hydrogens (tertiary/aromatic N) is 7. The van der Waals surface area contributed by atoms with E-state index in [1.807, 2.05) is 104 Å². The van der Waals surface area contributed by atoms with E-state index >= 15 is 0 Å². The van der Waals surface area contributed by atoms with Crippen LogP contribution in [0.1, 0.15) is 160 Å². The van der Waals surface area contributed by atoms with Gasteiger partial charge in [-0.3, -0.25) is 24.9 Å². The zero-order valence-electron chi connectivity index (χ0n) is 34.9. The molecule has 0 aliphatic rings. The van der Waals surface area contributed by atoms with Crippen molar-refractivity contribution < 1.29 is 0 Å². The van der Waals surface area contributed by atoms with Gasteiger partial charge in [0.25, 0.3) is 0 Å². The van der Waals surface area contributed by atoms with Crippen molar-refractivity contribution >= 4 is 0 Å². The predicted octanol–water partition coefficient (Wildman–Crippen LogP) is 13.3. The van der Waals surface area contributed by atoms with Crippen LogP contribution in [0.25, 0.3) is 0 Å². The minimum Gasteiger partial charge on any atom is -0.265 e. The van der Waals surface area contributed by atoms with Crippen LogP contribution < -0.4 is 0 Å². The molecule has 0 aromatic carbocycles. The van der Waals surface area contributed by atoms with Gasteiger partial charge in [0.05, 0.1) is 0 Å². The van der Waals surface area contributed by atoms with Crippen LogP contribution in [0, 0.1) is 0 Å². The van der Waals surface area contributed by atoms with Crippen LogP contribution >= 0.6 is 0 Å². The van der Waals surface area contributed by atoms with E-state index in [0.717, 1.165) is 17.2 Å². The second-order valence-corrected chi connectivity index (χ2v) is 14.4. The van der Waals surface area contributed by atoms with E-state index in [1.165, 1.54) is 16.7 Å². The molecule has 6 aromatic rings. The summed E-state index contributed by atoms with van der Waals surface area (Å²) < 4.78 is 0. The van der Waals surface area contributed by atoms with Crippen molar-refractivity contribution in [2.75, 3.05) is 0 Å². The van der Waals surface area contributed by atoms with E-state index in [2.05, 4.69) is 130 Å². The molecule has 0 N–H and O–H groups in total. The summed E-state index contributed by atoms with van der Waals surface area (Å²) in [6.07, 6.45) is 18.3. The Morgan fingerprint density at radius 2 is 0.709 bits per heavy atom. The van der Waals surface area contributed by atoms with Crippen molar-refractivity contribution in [2.45, 2.75) is 126 Å². The second kappa shape index (κ2) is 30.2. The fraction of sp³-hybridized carbons (Fsp3) is 0.396. The molecule has 6 aromatic heterocycles. The molecule has 0 fully saturated rings. The van der Waals surface area contributed by atoms with E-state index in [9.17, 15) is 0 Å². The quantitative estimate of drug-likeness (QED) is 0.168. The Balaban J connectivity index is 0.000000634. The maximum absolute atomic E-state index is 4.18. The van der Waals surface area contributed by atoms with Crippen molar-refractivity contribution in [1.29, 1.82) is 0 Å². The molecular formula is C48H69N7. The van der Waals surface area contributed by atoms with Crippen molar-refractivity contribution in [3.05, 3.63) is 175 Å². The third-order valence-electron chi connectivity index (χ3n) is 7.74. The van der Waals surface area contributed by atoms with Gasteiger partial charge < -0.3 is 0 Å². The summed E-state index contributed by atoms with van der Waals surface area (Å²) in [5, 5.41) is 0. The van der Waals surface area contributed by atoms with Crippen molar-refractivity contribution in [3.63, 3.8) is 0 Å². The van der Waals surface area contributed by atoms with Crippen LogP contribution in [0.2, 0.25) is 0 Å². The average molecular weight is 744 g/mol. The number of hydrogen-bond donors (Lipinski definition) is 0. The summed E-state index contributed by atoms with van der Waals surface area (Å²) in [6.45, 7) is 25.7. The minimum atomic E-state index is 0. The monoisotopic (exact) mass is 744 g/mol. The third kappa shape index (κ3) is 24.0. The largest absolute Gasteiger partial charge is 0.265 e. The average Bonchev–Trinajstić information content (AvgIpc) is 3.21. The van der Waals surface area contributed by atoms with E-state index < -0.39 is 0 Å². The molecule has 0 spiro atoms. The summed E-state index contributed by atoms with van der Waals surface area (Å²) in [5.41, 5.74) is 6.29. The maximum Gasteiger partial charge on any atom is 0.130 e. The molecule has 55 heavy (non-hydrogen) atoms. The van der Waals surface area contributed by atoms with Gasteiger partial charge in [0.15, 0.2) is 0 Å². The Bertz CT molecular complexity index is 1340. The van der Waals surface area contributed by atoms with E-state index in [-0.39, 0.29) is 7.43 Å². The summed E-state index contributed by atoms with van der Waals surface area (Å²) in [6, 6.07) is 26.0. The van der Waals surface area contributed by atoms with Crippen LogP contribution in [0.3, 0.4) is 0 Å². The van der Waals surface area contributed by atoms with Crippen LogP contribution in [0.5, 0.6) is 0 Å². The zero-order chi connectivity index (χ0) is 40.1. The Morgan fingerprint density at radius 1 is 0.309 bits per heavy atom. The number of pyridine rings is 5. The molecular weight excluding hydrogens is 675 g/mol. The van der Waals surface area contributed by atoms with Gasteiger partial charge in [0, 0.05) is 79.3 Å². The van der Waals surface area contributed by atoms with Crippen molar-refractivity contribution in [1.82, 2.24) is 34.9 Å². The lowest BCUT2D eigenvalue weighted by Gasteiger charge is -2.01. The molecule has 6 heterocycles. The zero-order valence-corrected chi connectivity index (χ0v) is 34.9. The molecule has 0 saturated carbocycles. The topological polar surface area (TPSA) is 90.2 Å². The molecule has 0 atom stereocenters. The van der Waals surface area contributed by atoms with E-state index in [1.54, 1.807) is 24.8 Å². The maximum atomic E-state index is 4.18. The van der Waals surface area contributed by atoms with E-state index in [4.69, 9.17) is 0 Å². The fourth-order valence-corrected chi connectivity index (χ4v) is 4.23. The first-order valence-corrected chi connectivity index (χ1v) is 19.1. The molecule has 7 heteroatoms. The molecule has 0 aliphatic heterocycles. The van der Waals surface area contributed by atoms with Crippen molar-refractivity contribution in [2.24, 2.45) is 0 Å². The number of rotatable bonds is 6. The normalized spacial score (nSPS) is 9.93. The highest BCUT2D eigenvalue weighted by molar-refractivity contribution is 5.14. The highest BCUT2D eigenvalue weighted by Crippen LogP contribution is 2.13. The molecule has 296 valence electrons. The van der Waals surface area contributed by atoms with Gasteiger partial charge in [0.1, 0.15) is 5.82 Å². The summed E-state index contributed by atoms with van der Waals surface area (Å²) in [4.78, 5) is 28.4. The Morgan fingerprint density at radius 3 is 0.927 bits per heavy atom. The Kier molecular flexibility index (Phi) is 27.4. The van der Waals surface area contributed by atoms with Gasteiger partial charge in [0.2, 0.25) is 0 Å². The summed E-state index contributed by atoms with van der Waals surface area (Å²) in [5.74, 6) is 4.26. The predicted molar refractivity (Wildman–Crippen MR) is 234 cm³/mol. The lowest BCUT2D eigenvalue weighted by molar-refractivity contribution is 0.774. The van der Waals surface area contributed by atoms with Crippen LogP contribution in [-0.4, -0.2) is 34.9 Å². The van der Waals surface area contributed by atoms with E-state index in [0.29, 0.717) is 35.5 Å². The fourth-order valence-electron chi connectivity index (χ4n) is 4.23. The SMILES string of the molecule is C.CC(C)c1ccccn1.CC(C)c1ccccn1.CC(C)c1cccnc1.CC(C)c1cccnc1.CC(C)c1ccncc1.CC(C)c1ncccn1. The van der Waals surface area contributed by atoms with Crippen LogP contribution in [0.15, 0.2) is 141 Å². The highest BCUT2D eigenvalue weighted by Gasteiger charge is 1.99. The van der Waals surface area contributed by atoms with Gasteiger partial charge >= 0.3 is 0 Å². The Hall–Kier alpha value is -5.17. The molecule has 0 aliphatic carbocycles. The standard InChI is InChI=1S/5C8H11N.C7H10N2.CH4/c1-7(2)8-3-5-9-6-4-8;2*1-7(2)8-4-3-5-9-6-8;2*1-7(2)8-5-3-4-6-9-8;1-6(2)7-8-4-3-5-9-7;/h5*3-7H,1-2H3;3-6H,1-2H3;1H4. The number of hydrogen-bond acceptors (Lipinski definition) is 7.